The number of amides is 1. The molecule has 0 atom stereocenters. The van der Waals surface area contributed by atoms with Crippen LogP contribution in [0.3, 0.4) is 0 Å². The predicted molar refractivity (Wildman–Crippen MR) is 54.4 cm³/mol. The minimum atomic E-state index is 0.0191. The average molecular weight is 219 g/mol. The summed E-state index contributed by atoms with van der Waals surface area (Å²) >= 11 is 6.93. The van der Waals surface area contributed by atoms with Crippen molar-refractivity contribution < 1.29 is 4.79 Å². The molecule has 3 nitrogen and oxygen atoms in total. The molecule has 13 heavy (non-hydrogen) atoms. The molecule has 0 saturated carbocycles. The van der Waals surface area contributed by atoms with Crippen molar-refractivity contribution >= 4 is 28.8 Å². The Hall–Kier alpha value is -0.610. The number of aromatic nitrogens is 1. The lowest BCUT2D eigenvalue weighted by Gasteiger charge is -2.17. The Bertz CT molecular complexity index is 263. The van der Waals surface area contributed by atoms with Crippen molar-refractivity contribution in [2.75, 3.05) is 19.0 Å². The van der Waals surface area contributed by atoms with Gasteiger partial charge in [0.2, 0.25) is 0 Å². The van der Waals surface area contributed by atoms with E-state index in [1.54, 1.807) is 16.6 Å². The molecule has 0 saturated heterocycles. The van der Waals surface area contributed by atoms with E-state index in [0.29, 0.717) is 23.8 Å². The topological polar surface area (TPSA) is 33.2 Å². The molecule has 1 aromatic rings. The van der Waals surface area contributed by atoms with Crippen LogP contribution in [-0.2, 0) is 0 Å². The first-order valence-corrected chi connectivity index (χ1v) is 5.44. The van der Waals surface area contributed by atoms with E-state index in [0.717, 1.165) is 0 Å². The Balaban J connectivity index is 2.65. The quantitative estimate of drug-likeness (QED) is 0.723. The van der Waals surface area contributed by atoms with Crippen molar-refractivity contribution in [2.45, 2.75) is 6.92 Å². The maximum atomic E-state index is 11.7. The van der Waals surface area contributed by atoms with Crippen LogP contribution in [0.2, 0.25) is 0 Å². The van der Waals surface area contributed by atoms with Gasteiger partial charge in [-0.05, 0) is 6.92 Å². The first kappa shape index (κ1) is 10.5. The highest BCUT2D eigenvalue weighted by molar-refractivity contribution is 7.11. The fourth-order valence-corrected chi connectivity index (χ4v) is 1.77. The van der Waals surface area contributed by atoms with Gasteiger partial charge >= 0.3 is 0 Å². The van der Waals surface area contributed by atoms with Gasteiger partial charge in [-0.1, -0.05) is 0 Å². The van der Waals surface area contributed by atoms with Crippen LogP contribution in [0.4, 0.5) is 0 Å². The van der Waals surface area contributed by atoms with Crippen LogP contribution in [0.5, 0.6) is 0 Å². The number of halogens is 1. The lowest BCUT2D eigenvalue weighted by molar-refractivity contribution is 0.0778. The van der Waals surface area contributed by atoms with Gasteiger partial charge in [-0.15, -0.1) is 22.9 Å². The van der Waals surface area contributed by atoms with Crippen LogP contribution >= 0.6 is 22.9 Å². The number of hydrogen-bond acceptors (Lipinski definition) is 3. The standard InChI is InChI=1S/C8H11ClN2OS/c1-2-11(4-3-9)8(12)7-5-10-6-13-7/h5-6H,2-4H2,1H3. The van der Waals surface area contributed by atoms with E-state index in [4.69, 9.17) is 11.6 Å². The van der Waals surface area contributed by atoms with Gasteiger partial charge in [0.05, 0.1) is 11.7 Å². The van der Waals surface area contributed by atoms with Gasteiger partial charge in [0.15, 0.2) is 0 Å². The molecule has 1 aromatic heterocycles. The van der Waals surface area contributed by atoms with E-state index >= 15 is 0 Å². The summed E-state index contributed by atoms with van der Waals surface area (Å²) in [5.74, 6) is 0.490. The number of rotatable bonds is 4. The van der Waals surface area contributed by atoms with Crippen LogP contribution < -0.4 is 0 Å². The largest absolute Gasteiger partial charge is 0.337 e. The van der Waals surface area contributed by atoms with Crippen molar-refractivity contribution in [3.05, 3.63) is 16.6 Å². The third-order valence-corrected chi connectivity index (χ3v) is 2.60. The summed E-state index contributed by atoms with van der Waals surface area (Å²) < 4.78 is 0. The Labute approximate surface area is 86.3 Å². The number of thiazole rings is 1. The van der Waals surface area contributed by atoms with Crippen molar-refractivity contribution in [1.82, 2.24) is 9.88 Å². The van der Waals surface area contributed by atoms with E-state index in [2.05, 4.69) is 4.98 Å². The minimum absolute atomic E-state index is 0.0191. The van der Waals surface area contributed by atoms with E-state index < -0.39 is 0 Å². The molecule has 0 spiro atoms. The third kappa shape index (κ3) is 2.67. The summed E-state index contributed by atoms with van der Waals surface area (Å²) in [6, 6.07) is 0. The van der Waals surface area contributed by atoms with Gasteiger partial charge in [-0.25, -0.2) is 0 Å². The molecule has 1 heterocycles. The number of carbonyl (C=O) groups excluding carboxylic acids is 1. The first-order chi connectivity index (χ1) is 6.29. The fraction of sp³-hybridized carbons (Fsp3) is 0.500. The van der Waals surface area contributed by atoms with Gasteiger partial charge in [-0.2, -0.15) is 0 Å². The normalized spacial score (nSPS) is 10.0. The van der Waals surface area contributed by atoms with Gasteiger partial charge in [-0.3, -0.25) is 9.78 Å². The Morgan fingerprint density at radius 1 is 1.77 bits per heavy atom. The molecule has 1 rings (SSSR count). The van der Waals surface area contributed by atoms with Gasteiger partial charge in [0, 0.05) is 19.0 Å². The SMILES string of the molecule is CCN(CCCl)C(=O)c1cncs1. The molecule has 0 aliphatic rings. The second-order valence-electron chi connectivity index (χ2n) is 2.44. The van der Waals surface area contributed by atoms with E-state index in [1.165, 1.54) is 11.3 Å². The van der Waals surface area contributed by atoms with Crippen molar-refractivity contribution in [1.29, 1.82) is 0 Å². The Kier molecular flexibility index (Phi) is 4.18. The summed E-state index contributed by atoms with van der Waals surface area (Å²) in [5, 5.41) is 0. The molecule has 0 aromatic carbocycles. The molecule has 0 N–H and O–H groups in total. The van der Waals surface area contributed by atoms with Crippen LogP contribution in [0.25, 0.3) is 0 Å². The van der Waals surface area contributed by atoms with E-state index in [9.17, 15) is 4.79 Å². The third-order valence-electron chi connectivity index (χ3n) is 1.67. The monoisotopic (exact) mass is 218 g/mol. The zero-order valence-electron chi connectivity index (χ0n) is 7.36. The molecule has 0 fully saturated rings. The second kappa shape index (κ2) is 5.19. The lowest BCUT2D eigenvalue weighted by Crippen LogP contribution is -2.31. The highest BCUT2D eigenvalue weighted by atomic mass is 35.5. The summed E-state index contributed by atoms with van der Waals surface area (Å²) in [7, 11) is 0. The molecular formula is C8H11ClN2OS. The van der Waals surface area contributed by atoms with Crippen LogP contribution in [-0.4, -0.2) is 34.8 Å². The highest BCUT2D eigenvalue weighted by Crippen LogP contribution is 2.09. The smallest absolute Gasteiger partial charge is 0.265 e. The molecule has 72 valence electrons. The summed E-state index contributed by atoms with van der Waals surface area (Å²) in [6.45, 7) is 3.21. The zero-order valence-corrected chi connectivity index (χ0v) is 8.94. The summed E-state index contributed by atoms with van der Waals surface area (Å²) in [6.07, 6.45) is 1.59. The first-order valence-electron chi connectivity index (χ1n) is 4.03. The second-order valence-corrected chi connectivity index (χ2v) is 3.70. The maximum absolute atomic E-state index is 11.7. The number of carbonyl (C=O) groups is 1. The molecular weight excluding hydrogens is 208 g/mol. The van der Waals surface area contributed by atoms with Crippen molar-refractivity contribution in [3.63, 3.8) is 0 Å². The van der Waals surface area contributed by atoms with Crippen LogP contribution in [0.15, 0.2) is 11.7 Å². The van der Waals surface area contributed by atoms with Crippen molar-refractivity contribution in [3.8, 4) is 0 Å². The van der Waals surface area contributed by atoms with Crippen molar-refractivity contribution in [2.24, 2.45) is 0 Å². The highest BCUT2D eigenvalue weighted by Gasteiger charge is 2.14. The fourth-order valence-electron chi connectivity index (χ4n) is 0.983. The molecule has 0 bridgehead atoms. The molecule has 0 aliphatic heterocycles. The number of hydrogen-bond donors (Lipinski definition) is 0. The van der Waals surface area contributed by atoms with E-state index in [1.807, 2.05) is 6.92 Å². The average Bonchev–Trinajstić information content (AvgIpc) is 2.65. The van der Waals surface area contributed by atoms with E-state index in [-0.39, 0.29) is 5.91 Å². The van der Waals surface area contributed by atoms with Crippen LogP contribution in [0, 0.1) is 0 Å². The molecule has 5 heteroatoms. The van der Waals surface area contributed by atoms with Gasteiger partial charge in [0.1, 0.15) is 4.88 Å². The minimum Gasteiger partial charge on any atom is -0.337 e. The van der Waals surface area contributed by atoms with Crippen LogP contribution in [0.1, 0.15) is 16.6 Å². The maximum Gasteiger partial charge on any atom is 0.265 e. The summed E-state index contributed by atoms with van der Waals surface area (Å²) in [4.78, 5) is 17.9. The Morgan fingerprint density at radius 3 is 3.00 bits per heavy atom. The van der Waals surface area contributed by atoms with Gasteiger partial charge < -0.3 is 4.90 Å². The molecule has 0 unspecified atom stereocenters. The molecule has 1 amide bonds. The lowest BCUT2D eigenvalue weighted by atomic mass is 10.4. The molecule has 0 aliphatic carbocycles. The number of nitrogens with zero attached hydrogens (tertiary/aromatic N) is 2. The number of alkyl halides is 1. The Morgan fingerprint density at radius 2 is 2.54 bits per heavy atom. The predicted octanol–water partition coefficient (Wildman–Crippen LogP) is 1.84. The zero-order chi connectivity index (χ0) is 9.68. The van der Waals surface area contributed by atoms with Gasteiger partial charge in [0.25, 0.3) is 5.91 Å². The molecule has 0 radical (unpaired) electrons. The summed E-state index contributed by atoms with van der Waals surface area (Å²) in [5.41, 5.74) is 1.65.